The Morgan fingerprint density at radius 3 is 2.79 bits per heavy atom. The van der Waals surface area contributed by atoms with Gasteiger partial charge in [0.25, 0.3) is 0 Å². The van der Waals surface area contributed by atoms with Crippen LogP contribution in [0.4, 0.5) is 5.69 Å². The molecule has 2 aliphatic heterocycles. The molecule has 1 fully saturated rings. The van der Waals surface area contributed by atoms with Crippen LogP contribution in [0.5, 0.6) is 5.75 Å². The van der Waals surface area contributed by atoms with Crippen molar-refractivity contribution < 1.29 is 17.6 Å². The monoisotopic (exact) mass is 348 g/mol. The number of ether oxygens (including phenoxy) is 1. The maximum Gasteiger partial charge on any atom is 0.305 e. The summed E-state index contributed by atoms with van der Waals surface area (Å²) < 4.78 is 41.0. The lowest BCUT2D eigenvalue weighted by atomic mass is 10.2. The van der Waals surface area contributed by atoms with Gasteiger partial charge in [-0.05, 0) is 44.0 Å². The van der Waals surface area contributed by atoms with Crippen molar-refractivity contribution in [2.75, 3.05) is 17.4 Å². The Morgan fingerprint density at radius 2 is 2.00 bits per heavy atom. The lowest BCUT2D eigenvalue weighted by molar-refractivity contribution is 0.218. The Balaban J connectivity index is 1.73. The Bertz CT molecular complexity index is 819. The average Bonchev–Trinajstić information content (AvgIpc) is 3.24. The second-order valence-corrected chi connectivity index (χ2v) is 8.02. The molecule has 0 amide bonds. The maximum atomic E-state index is 13.4. The van der Waals surface area contributed by atoms with Gasteiger partial charge in [-0.2, -0.15) is 12.7 Å². The predicted molar refractivity (Wildman–Crippen MR) is 90.2 cm³/mol. The molecule has 0 radical (unpaired) electrons. The first kappa shape index (κ1) is 15.5. The number of hydrogen-bond donors (Lipinski definition) is 0. The standard InChI is InChI=1S/C17H20N2O4S/c1-13-12-19(15-6-2-3-8-17(15)23-13)24(20,21)18-10-4-7-14(18)16-9-5-11-22-16/h2-3,5-6,8-9,11,13-14H,4,7,10,12H2,1H3. The SMILES string of the molecule is CC1CN(S(=O)(=O)N2CCCC2c2ccco2)c2ccccc2O1. The van der Waals surface area contributed by atoms with Gasteiger partial charge in [0.1, 0.15) is 17.6 Å². The van der Waals surface area contributed by atoms with Crippen LogP contribution in [-0.2, 0) is 10.2 Å². The van der Waals surface area contributed by atoms with Crippen molar-refractivity contribution in [3.05, 3.63) is 48.4 Å². The summed E-state index contributed by atoms with van der Waals surface area (Å²) in [5, 5.41) is 0. The molecule has 24 heavy (non-hydrogen) atoms. The zero-order valence-electron chi connectivity index (χ0n) is 13.5. The Labute approximate surface area is 141 Å². The second kappa shape index (κ2) is 5.82. The largest absolute Gasteiger partial charge is 0.487 e. The molecule has 2 atom stereocenters. The third-order valence-corrected chi connectivity index (χ3v) is 6.47. The molecule has 1 aromatic carbocycles. The van der Waals surface area contributed by atoms with Crippen molar-refractivity contribution >= 4 is 15.9 Å². The normalized spacial score (nSPS) is 24.6. The number of rotatable bonds is 3. The number of para-hydroxylation sites is 2. The van der Waals surface area contributed by atoms with Crippen molar-refractivity contribution in [2.24, 2.45) is 0 Å². The molecule has 0 saturated carbocycles. The summed E-state index contributed by atoms with van der Waals surface area (Å²) in [7, 11) is -3.66. The van der Waals surface area contributed by atoms with Crippen LogP contribution in [0.25, 0.3) is 0 Å². The number of nitrogens with zero attached hydrogens (tertiary/aromatic N) is 2. The molecule has 3 heterocycles. The molecule has 0 N–H and O–H groups in total. The zero-order valence-corrected chi connectivity index (χ0v) is 14.3. The van der Waals surface area contributed by atoms with Gasteiger partial charge < -0.3 is 9.15 Å². The van der Waals surface area contributed by atoms with Crippen LogP contribution in [-0.4, -0.2) is 31.9 Å². The van der Waals surface area contributed by atoms with Gasteiger partial charge in [-0.1, -0.05) is 12.1 Å². The molecule has 6 nitrogen and oxygen atoms in total. The Hall–Kier alpha value is -1.99. The van der Waals surface area contributed by atoms with E-state index in [1.807, 2.05) is 31.2 Å². The lowest BCUT2D eigenvalue weighted by Gasteiger charge is -2.37. The van der Waals surface area contributed by atoms with Crippen LogP contribution < -0.4 is 9.04 Å². The highest BCUT2D eigenvalue weighted by molar-refractivity contribution is 7.90. The summed E-state index contributed by atoms with van der Waals surface area (Å²) in [6.45, 7) is 2.69. The van der Waals surface area contributed by atoms with Crippen LogP contribution in [0.2, 0.25) is 0 Å². The first-order chi connectivity index (χ1) is 11.6. The van der Waals surface area contributed by atoms with Gasteiger partial charge in [-0.3, -0.25) is 4.31 Å². The summed E-state index contributed by atoms with van der Waals surface area (Å²) >= 11 is 0. The van der Waals surface area contributed by atoms with Gasteiger partial charge in [-0.15, -0.1) is 0 Å². The van der Waals surface area contributed by atoms with Gasteiger partial charge >= 0.3 is 10.2 Å². The Kier molecular flexibility index (Phi) is 3.77. The highest BCUT2D eigenvalue weighted by Crippen LogP contribution is 2.40. The molecule has 7 heteroatoms. The van der Waals surface area contributed by atoms with E-state index in [4.69, 9.17) is 9.15 Å². The fourth-order valence-corrected chi connectivity index (χ4v) is 5.42. The van der Waals surface area contributed by atoms with E-state index >= 15 is 0 Å². The quantitative estimate of drug-likeness (QED) is 0.855. The van der Waals surface area contributed by atoms with Crippen molar-refractivity contribution in [1.29, 1.82) is 0 Å². The van der Waals surface area contributed by atoms with Crippen molar-refractivity contribution in [1.82, 2.24) is 4.31 Å². The number of fused-ring (bicyclic) bond motifs is 1. The molecule has 128 valence electrons. The Morgan fingerprint density at radius 1 is 1.17 bits per heavy atom. The summed E-state index contributed by atoms with van der Waals surface area (Å²) in [4.78, 5) is 0. The maximum absolute atomic E-state index is 13.4. The molecule has 0 bridgehead atoms. The molecule has 1 aromatic heterocycles. The van der Waals surface area contributed by atoms with E-state index in [0.717, 1.165) is 12.8 Å². The van der Waals surface area contributed by atoms with Crippen molar-refractivity contribution in [2.45, 2.75) is 31.9 Å². The van der Waals surface area contributed by atoms with E-state index in [-0.39, 0.29) is 12.1 Å². The molecule has 1 saturated heterocycles. The van der Waals surface area contributed by atoms with E-state index in [1.165, 1.54) is 4.31 Å². The minimum atomic E-state index is -3.66. The van der Waals surface area contributed by atoms with E-state index < -0.39 is 10.2 Å². The topological polar surface area (TPSA) is 63.0 Å². The van der Waals surface area contributed by atoms with E-state index in [2.05, 4.69) is 0 Å². The smallest absolute Gasteiger partial charge is 0.305 e. The second-order valence-electron chi connectivity index (χ2n) is 6.22. The minimum absolute atomic E-state index is 0.195. The van der Waals surface area contributed by atoms with Crippen molar-refractivity contribution in [3.63, 3.8) is 0 Å². The first-order valence-corrected chi connectivity index (χ1v) is 9.55. The van der Waals surface area contributed by atoms with Crippen LogP contribution in [0.15, 0.2) is 47.1 Å². The van der Waals surface area contributed by atoms with Crippen LogP contribution >= 0.6 is 0 Å². The summed E-state index contributed by atoms with van der Waals surface area (Å²) in [5.74, 6) is 1.30. The third kappa shape index (κ3) is 2.48. The third-order valence-electron chi connectivity index (χ3n) is 4.54. The molecular weight excluding hydrogens is 328 g/mol. The number of furan rings is 1. The summed E-state index contributed by atoms with van der Waals surface area (Å²) in [6.07, 6.45) is 2.99. The molecule has 2 unspecified atom stereocenters. The fourth-order valence-electron chi connectivity index (χ4n) is 3.48. The van der Waals surface area contributed by atoms with Crippen LogP contribution in [0, 0.1) is 0 Å². The fraction of sp³-hybridized carbons (Fsp3) is 0.412. The van der Waals surface area contributed by atoms with Gasteiger partial charge in [0, 0.05) is 6.54 Å². The number of anilines is 1. The highest BCUT2D eigenvalue weighted by Gasteiger charge is 2.42. The lowest BCUT2D eigenvalue weighted by Crippen LogP contribution is -2.49. The van der Waals surface area contributed by atoms with E-state index in [9.17, 15) is 8.42 Å². The summed E-state index contributed by atoms with van der Waals surface area (Å²) in [5.41, 5.74) is 0.598. The number of benzene rings is 1. The highest BCUT2D eigenvalue weighted by atomic mass is 32.2. The van der Waals surface area contributed by atoms with Crippen molar-refractivity contribution in [3.8, 4) is 5.75 Å². The zero-order chi connectivity index (χ0) is 16.7. The first-order valence-electron chi connectivity index (χ1n) is 8.16. The molecule has 0 spiro atoms. The summed E-state index contributed by atoms with van der Waals surface area (Å²) in [6, 6.07) is 10.7. The van der Waals surface area contributed by atoms with Gasteiger partial charge in [0.05, 0.1) is 24.5 Å². The van der Waals surface area contributed by atoms with E-state index in [0.29, 0.717) is 30.3 Å². The molecule has 2 aromatic rings. The molecule has 0 aliphatic carbocycles. The molecular formula is C17H20N2O4S. The predicted octanol–water partition coefficient (Wildman–Crippen LogP) is 2.95. The van der Waals surface area contributed by atoms with Crippen LogP contribution in [0.1, 0.15) is 31.6 Å². The average molecular weight is 348 g/mol. The molecule has 2 aliphatic rings. The van der Waals surface area contributed by atoms with Crippen LogP contribution in [0.3, 0.4) is 0 Å². The minimum Gasteiger partial charge on any atom is -0.487 e. The van der Waals surface area contributed by atoms with Gasteiger partial charge in [0.2, 0.25) is 0 Å². The van der Waals surface area contributed by atoms with Gasteiger partial charge in [-0.25, -0.2) is 0 Å². The van der Waals surface area contributed by atoms with E-state index in [1.54, 1.807) is 22.7 Å². The van der Waals surface area contributed by atoms with Gasteiger partial charge in [0.15, 0.2) is 0 Å². The number of hydrogen-bond acceptors (Lipinski definition) is 4. The molecule has 4 rings (SSSR count).